The van der Waals surface area contributed by atoms with E-state index in [1.54, 1.807) is 9.99 Å². The van der Waals surface area contributed by atoms with Gasteiger partial charge in [0, 0.05) is 0 Å². The molecule has 0 unspecified atom stereocenters. The van der Waals surface area contributed by atoms with Gasteiger partial charge in [0.05, 0.1) is 6.33 Å². The highest BCUT2D eigenvalue weighted by molar-refractivity contribution is 6.05. The van der Waals surface area contributed by atoms with Crippen molar-refractivity contribution in [2.45, 2.75) is 6.61 Å². The summed E-state index contributed by atoms with van der Waals surface area (Å²) in [5.41, 5.74) is 0. The quantitative estimate of drug-likeness (QED) is 0.451. The van der Waals surface area contributed by atoms with Gasteiger partial charge in [-0.25, -0.2) is 4.98 Å². The van der Waals surface area contributed by atoms with Gasteiger partial charge < -0.3 is 8.77 Å². The summed E-state index contributed by atoms with van der Waals surface area (Å²) in [6.07, 6.45) is 1.61. The Morgan fingerprint density at radius 2 is 2.62 bits per heavy atom. The zero-order valence-electron chi connectivity index (χ0n) is 4.57. The Kier molecular flexibility index (Phi) is 1.63. The first-order chi connectivity index (χ1) is 3.83. The summed E-state index contributed by atoms with van der Waals surface area (Å²) in [7, 11) is 0. The third-order valence-electron chi connectivity index (χ3n) is 0.788. The van der Waals surface area contributed by atoms with Crippen molar-refractivity contribution in [2.24, 2.45) is 0 Å². The molecule has 5 heteroatoms. The molecular weight excluding hydrogens is 121 g/mol. The Labute approximate surface area is 54.8 Å². The highest BCUT2D eigenvalue weighted by Gasteiger charge is 1.90. The normalized spacial score (nSPS) is 9.62. The van der Waals surface area contributed by atoms with E-state index in [4.69, 9.17) is 5.11 Å². The van der Waals surface area contributed by atoms with E-state index in [0.717, 1.165) is 16.5 Å². The van der Waals surface area contributed by atoms with E-state index in [2.05, 4.69) is 10.1 Å². The van der Waals surface area contributed by atoms with Crippen LogP contribution in [-0.4, -0.2) is 35.4 Å². The van der Waals surface area contributed by atoms with Crippen LogP contribution < -0.4 is 0 Å². The van der Waals surface area contributed by atoms with Crippen LogP contribution in [0, 0.1) is 0 Å². The molecule has 1 rings (SSSR count). The van der Waals surface area contributed by atoms with E-state index in [0.29, 0.717) is 5.82 Å². The van der Waals surface area contributed by atoms with Crippen molar-refractivity contribution < 1.29 is 5.11 Å². The summed E-state index contributed by atoms with van der Waals surface area (Å²) in [6.45, 7) is -0.0603. The number of nitrogens with zero attached hydrogens (tertiary/aromatic N) is 3. The highest BCUT2D eigenvalue weighted by atomic mass is 27.1. The van der Waals surface area contributed by atoms with Gasteiger partial charge in [-0.15, -0.1) is 0 Å². The molecule has 0 aliphatic carbocycles. The number of aromatic nitrogens is 3. The minimum absolute atomic E-state index is 0.0603. The maximum atomic E-state index is 8.43. The molecule has 0 saturated carbocycles. The van der Waals surface area contributed by atoms with Crippen molar-refractivity contribution in [2.75, 3.05) is 0 Å². The third-order valence-corrected chi connectivity index (χ3v) is 1.22. The van der Waals surface area contributed by atoms with Crippen molar-refractivity contribution in [1.29, 1.82) is 0 Å². The number of rotatable bonds is 1. The van der Waals surface area contributed by atoms with Crippen molar-refractivity contribution in [3.05, 3.63) is 12.2 Å². The molecule has 0 saturated heterocycles. The summed E-state index contributed by atoms with van der Waals surface area (Å²) in [4.78, 5) is 3.77. The average molecular weight is 127 g/mol. The Morgan fingerprint density at radius 3 is 2.88 bits per heavy atom. The minimum Gasteiger partial charge on any atom is -0.388 e. The molecule has 0 atom stereocenters. The van der Waals surface area contributed by atoms with Crippen LogP contribution in [-0.2, 0) is 6.61 Å². The summed E-state index contributed by atoms with van der Waals surface area (Å²) in [6, 6.07) is 0. The third kappa shape index (κ3) is 1.07. The Hall–Kier alpha value is -0.368. The molecular formula is C3H6AlN3O. The lowest BCUT2D eigenvalue weighted by molar-refractivity contribution is 0.271. The van der Waals surface area contributed by atoms with Gasteiger partial charge >= 0.3 is 16.5 Å². The predicted molar refractivity (Wildman–Crippen MR) is 29.9 cm³/mol. The number of aliphatic hydroxyl groups is 1. The maximum absolute atomic E-state index is 8.43. The second-order valence-corrected chi connectivity index (χ2v) is 2.41. The van der Waals surface area contributed by atoms with Gasteiger partial charge in [-0.05, 0) is 0 Å². The van der Waals surface area contributed by atoms with Gasteiger partial charge in [0.15, 0.2) is 5.82 Å². The van der Waals surface area contributed by atoms with Gasteiger partial charge in [0.25, 0.3) is 0 Å². The summed E-state index contributed by atoms with van der Waals surface area (Å²) in [5.74, 6) is 0.500. The van der Waals surface area contributed by atoms with Gasteiger partial charge in [-0.1, -0.05) is 0 Å². The van der Waals surface area contributed by atoms with Crippen LogP contribution in [0.3, 0.4) is 0 Å². The standard InChI is InChI=1S/C3H4N3O.Al.2H/c7-1-3-4-2-5-6-3;;;/h2,7H,1H2;;;/q-1;+1;;. The molecule has 8 heavy (non-hydrogen) atoms. The second kappa shape index (κ2) is 2.27. The molecule has 0 spiro atoms. The molecule has 1 aromatic heterocycles. The minimum atomic E-state index is -0.0603. The largest absolute Gasteiger partial charge is 0.400 e. The molecule has 0 amide bonds. The molecule has 0 bridgehead atoms. The molecule has 0 aromatic carbocycles. The van der Waals surface area contributed by atoms with Crippen molar-refractivity contribution in [3.8, 4) is 0 Å². The van der Waals surface area contributed by atoms with E-state index in [9.17, 15) is 0 Å². The van der Waals surface area contributed by atoms with Crippen LogP contribution in [0.2, 0.25) is 0 Å². The lowest BCUT2D eigenvalue weighted by Crippen LogP contribution is -1.92. The molecule has 0 aliphatic rings. The summed E-state index contributed by atoms with van der Waals surface area (Å²) in [5, 5.41) is 12.3. The smallest absolute Gasteiger partial charge is 0.388 e. The van der Waals surface area contributed by atoms with Crippen molar-refractivity contribution in [1.82, 2.24) is 13.7 Å². The topological polar surface area (TPSA) is 50.9 Å². The van der Waals surface area contributed by atoms with Gasteiger partial charge in [0.2, 0.25) is 0 Å². The van der Waals surface area contributed by atoms with Crippen LogP contribution in [0.15, 0.2) is 6.33 Å². The fourth-order valence-corrected chi connectivity index (χ4v) is 0.803. The van der Waals surface area contributed by atoms with Crippen LogP contribution in [0.1, 0.15) is 5.82 Å². The van der Waals surface area contributed by atoms with Crippen molar-refractivity contribution in [3.63, 3.8) is 0 Å². The maximum Gasteiger partial charge on any atom is 0.400 e. The fraction of sp³-hybridized carbons (Fsp3) is 0.333. The molecule has 1 heterocycles. The molecule has 42 valence electrons. The van der Waals surface area contributed by atoms with Crippen molar-refractivity contribution >= 4 is 16.5 Å². The zero-order valence-corrected chi connectivity index (χ0v) is 6.57. The van der Waals surface area contributed by atoms with Crippen LogP contribution >= 0.6 is 0 Å². The molecule has 0 fully saturated rings. The first-order valence-electron chi connectivity index (χ1n) is 2.28. The number of hydrogen-bond donors (Lipinski definition) is 1. The van der Waals surface area contributed by atoms with E-state index < -0.39 is 0 Å². The first-order valence-corrected chi connectivity index (χ1v) is 3.18. The van der Waals surface area contributed by atoms with Crippen LogP contribution in [0.5, 0.6) is 0 Å². The van der Waals surface area contributed by atoms with Gasteiger partial charge in [-0.2, -0.15) is 5.10 Å². The molecule has 1 aromatic rings. The number of hydrogen-bond acceptors (Lipinski definition) is 3. The van der Waals surface area contributed by atoms with E-state index in [1.807, 2.05) is 0 Å². The lowest BCUT2D eigenvalue weighted by Gasteiger charge is -1.81. The Balaban J connectivity index is 2.84. The predicted octanol–water partition coefficient (Wildman–Crippen LogP) is -1.83. The molecule has 0 radical (unpaired) electrons. The molecule has 1 N–H and O–H groups in total. The fourth-order valence-electron chi connectivity index (χ4n) is 0.456. The Bertz CT molecular complexity index is 175. The Morgan fingerprint density at radius 1 is 1.88 bits per heavy atom. The van der Waals surface area contributed by atoms with Gasteiger partial charge in [-0.3, -0.25) is 0 Å². The lowest BCUT2D eigenvalue weighted by atomic mass is 10.7. The van der Waals surface area contributed by atoms with E-state index >= 15 is 0 Å². The summed E-state index contributed by atoms with van der Waals surface area (Å²) >= 11 is 0.831. The first kappa shape index (κ1) is 5.76. The van der Waals surface area contributed by atoms with Gasteiger partial charge in [0.1, 0.15) is 6.61 Å². The van der Waals surface area contributed by atoms with E-state index in [-0.39, 0.29) is 6.61 Å². The highest BCUT2D eigenvalue weighted by Crippen LogP contribution is 1.83. The molecule has 0 aliphatic heterocycles. The summed E-state index contributed by atoms with van der Waals surface area (Å²) < 4.78 is 1.69. The number of aliphatic hydroxyl groups excluding tert-OH is 1. The zero-order chi connectivity index (χ0) is 5.98. The second-order valence-electron chi connectivity index (χ2n) is 1.49. The monoisotopic (exact) mass is 127 g/mol. The molecule has 4 nitrogen and oxygen atoms in total. The van der Waals surface area contributed by atoms with E-state index in [1.165, 1.54) is 0 Å². The van der Waals surface area contributed by atoms with Crippen LogP contribution in [0.25, 0.3) is 0 Å². The average Bonchev–Trinajstić information content (AvgIpc) is 2.14. The SMILES string of the molecule is OCc1nc[n]([AlH2])n1. The van der Waals surface area contributed by atoms with Crippen LogP contribution in [0.4, 0.5) is 0 Å².